The molecule has 0 saturated carbocycles. The van der Waals surface area contributed by atoms with Crippen molar-refractivity contribution in [3.05, 3.63) is 59.9 Å². The minimum atomic E-state index is -0.487. The molecule has 1 amide bonds. The summed E-state index contributed by atoms with van der Waals surface area (Å²) in [6, 6.07) is 13.7. The van der Waals surface area contributed by atoms with Crippen molar-refractivity contribution in [1.82, 2.24) is 0 Å². The van der Waals surface area contributed by atoms with Gasteiger partial charge in [0.25, 0.3) is 0 Å². The Morgan fingerprint density at radius 1 is 1.23 bits per heavy atom. The van der Waals surface area contributed by atoms with Crippen LogP contribution in [-0.4, -0.2) is 5.91 Å². The van der Waals surface area contributed by atoms with Gasteiger partial charge in [-0.3, -0.25) is 4.79 Å². The van der Waals surface area contributed by atoms with Crippen molar-refractivity contribution >= 4 is 17.3 Å². The molecule has 0 heterocycles. The monoisotopic (exact) mass is 300 g/mol. The van der Waals surface area contributed by atoms with E-state index in [1.807, 2.05) is 44.2 Å². The van der Waals surface area contributed by atoms with Gasteiger partial charge in [-0.25, -0.2) is 4.39 Å². The molecule has 0 aliphatic rings. The van der Waals surface area contributed by atoms with E-state index < -0.39 is 5.82 Å². The van der Waals surface area contributed by atoms with Gasteiger partial charge in [-0.15, -0.1) is 0 Å². The topological polar surface area (TPSA) is 55.1 Å². The van der Waals surface area contributed by atoms with Gasteiger partial charge in [-0.05, 0) is 29.7 Å². The molecule has 0 aromatic heterocycles. The Labute approximate surface area is 130 Å². The molecule has 0 bridgehead atoms. The molecule has 2 aromatic rings. The lowest BCUT2D eigenvalue weighted by atomic mass is 9.85. The zero-order chi connectivity index (χ0) is 16.1. The summed E-state index contributed by atoms with van der Waals surface area (Å²) in [5.74, 6) is -0.887. The second kappa shape index (κ2) is 7.07. The SMILES string of the molecule is CCC(C)C(C(=O)Nc1cc(N)ccc1F)c1ccccc1. The number of nitrogens with two attached hydrogens (primary N) is 1. The van der Waals surface area contributed by atoms with Crippen molar-refractivity contribution in [3.8, 4) is 0 Å². The largest absolute Gasteiger partial charge is 0.399 e. The molecule has 0 saturated heterocycles. The van der Waals surface area contributed by atoms with E-state index in [0.29, 0.717) is 5.69 Å². The Balaban J connectivity index is 2.28. The van der Waals surface area contributed by atoms with Crippen LogP contribution in [0.2, 0.25) is 0 Å². The molecule has 22 heavy (non-hydrogen) atoms. The van der Waals surface area contributed by atoms with Crippen LogP contribution in [0.15, 0.2) is 48.5 Å². The van der Waals surface area contributed by atoms with Crippen molar-refractivity contribution in [3.63, 3.8) is 0 Å². The zero-order valence-electron chi connectivity index (χ0n) is 12.8. The Morgan fingerprint density at radius 3 is 2.55 bits per heavy atom. The van der Waals surface area contributed by atoms with E-state index in [1.54, 1.807) is 0 Å². The van der Waals surface area contributed by atoms with Gasteiger partial charge >= 0.3 is 0 Å². The van der Waals surface area contributed by atoms with Gasteiger partial charge < -0.3 is 11.1 Å². The smallest absolute Gasteiger partial charge is 0.232 e. The third-order valence-electron chi connectivity index (χ3n) is 3.90. The summed E-state index contributed by atoms with van der Waals surface area (Å²) >= 11 is 0. The highest BCUT2D eigenvalue weighted by molar-refractivity contribution is 5.96. The molecule has 2 rings (SSSR count). The molecule has 0 aliphatic heterocycles. The fourth-order valence-electron chi connectivity index (χ4n) is 2.48. The van der Waals surface area contributed by atoms with E-state index in [4.69, 9.17) is 5.73 Å². The second-order valence-electron chi connectivity index (χ2n) is 5.50. The Kier molecular flexibility index (Phi) is 5.15. The number of hydrogen-bond acceptors (Lipinski definition) is 2. The summed E-state index contributed by atoms with van der Waals surface area (Å²) in [4.78, 5) is 12.7. The third-order valence-corrected chi connectivity index (χ3v) is 3.90. The van der Waals surface area contributed by atoms with Crippen LogP contribution < -0.4 is 11.1 Å². The van der Waals surface area contributed by atoms with Crippen LogP contribution in [0.4, 0.5) is 15.8 Å². The lowest BCUT2D eigenvalue weighted by Gasteiger charge is -2.23. The predicted octanol–water partition coefficient (Wildman–Crippen LogP) is 4.18. The van der Waals surface area contributed by atoms with Gasteiger partial charge in [0.15, 0.2) is 0 Å². The van der Waals surface area contributed by atoms with E-state index in [0.717, 1.165) is 12.0 Å². The van der Waals surface area contributed by atoms with Crippen molar-refractivity contribution < 1.29 is 9.18 Å². The molecule has 116 valence electrons. The summed E-state index contributed by atoms with van der Waals surface area (Å²) in [6.07, 6.45) is 0.854. The van der Waals surface area contributed by atoms with Crippen LogP contribution in [0.3, 0.4) is 0 Å². The number of carbonyl (C=O) groups is 1. The normalized spacial score (nSPS) is 13.4. The fraction of sp³-hybridized carbons (Fsp3) is 0.278. The average molecular weight is 300 g/mol. The van der Waals surface area contributed by atoms with Crippen molar-refractivity contribution in [2.75, 3.05) is 11.1 Å². The number of hydrogen-bond donors (Lipinski definition) is 2. The molecule has 0 aliphatic carbocycles. The quantitative estimate of drug-likeness (QED) is 0.814. The molecule has 3 nitrogen and oxygen atoms in total. The molecule has 4 heteroatoms. The highest BCUT2D eigenvalue weighted by atomic mass is 19.1. The van der Waals surface area contributed by atoms with Gasteiger partial charge in [-0.1, -0.05) is 50.6 Å². The summed E-state index contributed by atoms with van der Waals surface area (Å²) in [5.41, 5.74) is 7.12. The lowest BCUT2D eigenvalue weighted by molar-refractivity contribution is -0.118. The molecule has 2 aromatic carbocycles. The number of halogens is 1. The molecule has 0 spiro atoms. The number of nitrogen functional groups attached to an aromatic ring is 1. The maximum absolute atomic E-state index is 13.8. The molecule has 3 N–H and O–H groups in total. The Morgan fingerprint density at radius 2 is 1.91 bits per heavy atom. The van der Waals surface area contributed by atoms with Crippen molar-refractivity contribution in [1.29, 1.82) is 0 Å². The Bertz CT molecular complexity index is 643. The summed E-state index contributed by atoms with van der Waals surface area (Å²) < 4.78 is 13.8. The second-order valence-corrected chi connectivity index (χ2v) is 5.50. The van der Waals surface area contributed by atoms with Crippen LogP contribution in [0, 0.1) is 11.7 Å². The van der Waals surface area contributed by atoms with Gasteiger partial charge in [0, 0.05) is 5.69 Å². The standard InChI is InChI=1S/C18H21FN2O/c1-3-12(2)17(13-7-5-4-6-8-13)18(22)21-16-11-14(20)9-10-15(16)19/h4-12,17H,3,20H2,1-2H3,(H,21,22). The maximum Gasteiger partial charge on any atom is 0.232 e. The lowest BCUT2D eigenvalue weighted by Crippen LogP contribution is -2.26. The number of rotatable bonds is 5. The van der Waals surface area contributed by atoms with Gasteiger partial charge in [0.05, 0.1) is 11.6 Å². The minimum absolute atomic E-state index is 0.120. The number of carbonyl (C=O) groups excluding carboxylic acids is 1. The van der Waals surface area contributed by atoms with E-state index in [9.17, 15) is 9.18 Å². The first-order chi connectivity index (χ1) is 10.5. The number of nitrogens with one attached hydrogen (secondary N) is 1. The highest BCUT2D eigenvalue weighted by Crippen LogP contribution is 2.29. The van der Waals surface area contributed by atoms with Gasteiger partial charge in [-0.2, -0.15) is 0 Å². The summed E-state index contributed by atoms with van der Waals surface area (Å²) in [5, 5.41) is 2.67. The van der Waals surface area contributed by atoms with Gasteiger partial charge in [0.1, 0.15) is 5.82 Å². The minimum Gasteiger partial charge on any atom is -0.399 e. The molecular weight excluding hydrogens is 279 g/mol. The Hall–Kier alpha value is -2.36. The molecule has 2 atom stereocenters. The van der Waals surface area contributed by atoms with Crippen molar-refractivity contribution in [2.24, 2.45) is 5.92 Å². The predicted molar refractivity (Wildman–Crippen MR) is 88.1 cm³/mol. The summed E-state index contributed by atoms with van der Waals surface area (Å²) in [6.45, 7) is 4.06. The van der Waals surface area contributed by atoms with Crippen LogP contribution in [0.1, 0.15) is 31.7 Å². The van der Waals surface area contributed by atoms with Crippen LogP contribution in [0.5, 0.6) is 0 Å². The van der Waals surface area contributed by atoms with Crippen LogP contribution in [-0.2, 0) is 4.79 Å². The highest BCUT2D eigenvalue weighted by Gasteiger charge is 2.26. The molecular formula is C18H21FN2O. The first-order valence-corrected chi connectivity index (χ1v) is 7.43. The van der Waals surface area contributed by atoms with E-state index in [2.05, 4.69) is 5.32 Å². The summed E-state index contributed by atoms with van der Waals surface area (Å²) in [7, 11) is 0. The van der Waals surface area contributed by atoms with Crippen LogP contribution >= 0.6 is 0 Å². The molecule has 2 unspecified atom stereocenters. The first-order valence-electron chi connectivity index (χ1n) is 7.43. The van der Waals surface area contributed by atoms with Crippen LogP contribution in [0.25, 0.3) is 0 Å². The van der Waals surface area contributed by atoms with E-state index >= 15 is 0 Å². The van der Waals surface area contributed by atoms with Gasteiger partial charge in [0.2, 0.25) is 5.91 Å². The number of anilines is 2. The fourth-order valence-corrected chi connectivity index (χ4v) is 2.48. The first kappa shape index (κ1) is 16.0. The van der Waals surface area contributed by atoms with E-state index in [1.165, 1.54) is 18.2 Å². The average Bonchev–Trinajstić information content (AvgIpc) is 2.52. The third kappa shape index (κ3) is 3.64. The number of amides is 1. The van der Waals surface area contributed by atoms with Crippen molar-refractivity contribution in [2.45, 2.75) is 26.2 Å². The zero-order valence-corrected chi connectivity index (χ0v) is 12.8. The van der Waals surface area contributed by atoms with E-state index in [-0.39, 0.29) is 23.4 Å². The maximum atomic E-state index is 13.8. The molecule has 0 fully saturated rings. The molecule has 0 radical (unpaired) electrons. The number of benzene rings is 2.